The second-order valence-electron chi connectivity index (χ2n) is 5.87. The first-order chi connectivity index (χ1) is 12.2. The highest BCUT2D eigenvalue weighted by Gasteiger charge is 2.16. The second-order valence-corrected chi connectivity index (χ2v) is 5.87. The Morgan fingerprint density at radius 2 is 1.88 bits per heavy atom. The standard InChI is InChI=1S/C19H17N5O/c1-22(19(25)17-13-21-24-11-3-2-5-18(17)24)14-15-6-8-16(9-7-15)23-12-4-10-20-23/h2-13H,14H2,1H3. The average molecular weight is 331 g/mol. The number of benzene rings is 1. The summed E-state index contributed by atoms with van der Waals surface area (Å²) < 4.78 is 3.51. The molecule has 3 heterocycles. The van der Waals surface area contributed by atoms with E-state index in [4.69, 9.17) is 0 Å². The zero-order chi connectivity index (χ0) is 17.2. The quantitative estimate of drug-likeness (QED) is 0.578. The minimum Gasteiger partial charge on any atom is -0.337 e. The van der Waals surface area contributed by atoms with Crippen molar-refractivity contribution < 1.29 is 4.79 Å². The van der Waals surface area contributed by atoms with Crippen molar-refractivity contribution in [3.8, 4) is 5.69 Å². The molecule has 4 rings (SSSR count). The van der Waals surface area contributed by atoms with Crippen LogP contribution in [-0.2, 0) is 6.54 Å². The summed E-state index contributed by atoms with van der Waals surface area (Å²) in [6.45, 7) is 0.530. The van der Waals surface area contributed by atoms with Crippen LogP contribution in [0.4, 0.5) is 0 Å². The zero-order valence-electron chi connectivity index (χ0n) is 13.8. The van der Waals surface area contributed by atoms with Crippen molar-refractivity contribution in [3.63, 3.8) is 0 Å². The molecule has 0 radical (unpaired) electrons. The highest BCUT2D eigenvalue weighted by Crippen LogP contribution is 2.15. The molecule has 1 aromatic carbocycles. The summed E-state index contributed by atoms with van der Waals surface area (Å²) in [4.78, 5) is 14.4. The fourth-order valence-electron chi connectivity index (χ4n) is 2.83. The third-order valence-electron chi connectivity index (χ3n) is 4.13. The number of pyridine rings is 1. The summed E-state index contributed by atoms with van der Waals surface area (Å²) in [6, 6.07) is 15.6. The first kappa shape index (κ1) is 15.1. The molecule has 0 aliphatic heterocycles. The lowest BCUT2D eigenvalue weighted by Crippen LogP contribution is -2.26. The molecule has 0 unspecified atom stereocenters. The van der Waals surface area contributed by atoms with E-state index in [0.29, 0.717) is 12.1 Å². The van der Waals surface area contributed by atoms with Gasteiger partial charge < -0.3 is 4.90 Å². The van der Waals surface area contributed by atoms with Crippen molar-refractivity contribution in [2.45, 2.75) is 6.54 Å². The maximum absolute atomic E-state index is 12.7. The summed E-state index contributed by atoms with van der Waals surface area (Å²) in [5.41, 5.74) is 3.47. The lowest BCUT2D eigenvalue weighted by atomic mass is 10.1. The molecule has 0 aliphatic carbocycles. The van der Waals surface area contributed by atoms with Crippen molar-refractivity contribution in [3.05, 3.63) is 84.4 Å². The molecule has 0 aliphatic rings. The topological polar surface area (TPSA) is 55.4 Å². The van der Waals surface area contributed by atoms with E-state index in [0.717, 1.165) is 16.8 Å². The minimum absolute atomic E-state index is 0.0441. The number of hydrogen-bond donors (Lipinski definition) is 0. The van der Waals surface area contributed by atoms with Gasteiger partial charge in [-0.25, -0.2) is 9.20 Å². The van der Waals surface area contributed by atoms with Crippen LogP contribution in [0.1, 0.15) is 15.9 Å². The van der Waals surface area contributed by atoms with Crippen LogP contribution < -0.4 is 0 Å². The van der Waals surface area contributed by atoms with Gasteiger partial charge in [-0.3, -0.25) is 4.79 Å². The number of aromatic nitrogens is 4. The Bertz CT molecular complexity index is 1000. The lowest BCUT2D eigenvalue weighted by Gasteiger charge is -2.17. The van der Waals surface area contributed by atoms with Crippen LogP contribution in [0, 0.1) is 0 Å². The number of rotatable bonds is 4. The molecule has 1 amide bonds. The van der Waals surface area contributed by atoms with Gasteiger partial charge >= 0.3 is 0 Å². The van der Waals surface area contributed by atoms with Gasteiger partial charge in [0, 0.05) is 32.2 Å². The van der Waals surface area contributed by atoms with Gasteiger partial charge in [0.2, 0.25) is 0 Å². The van der Waals surface area contributed by atoms with Crippen LogP contribution in [0.2, 0.25) is 0 Å². The second kappa shape index (κ2) is 6.24. The number of nitrogens with zero attached hydrogens (tertiary/aromatic N) is 5. The summed E-state index contributed by atoms with van der Waals surface area (Å²) in [7, 11) is 1.80. The molecular weight excluding hydrogens is 314 g/mol. The Balaban J connectivity index is 1.51. The van der Waals surface area contributed by atoms with Gasteiger partial charge in [-0.05, 0) is 35.9 Å². The maximum Gasteiger partial charge on any atom is 0.257 e. The Morgan fingerprint density at radius 1 is 1.04 bits per heavy atom. The molecule has 6 nitrogen and oxygen atoms in total. The number of hydrogen-bond acceptors (Lipinski definition) is 3. The summed E-state index contributed by atoms with van der Waals surface area (Å²) in [6.07, 6.45) is 7.10. The van der Waals surface area contributed by atoms with E-state index in [-0.39, 0.29) is 5.91 Å². The van der Waals surface area contributed by atoms with Crippen LogP contribution in [0.3, 0.4) is 0 Å². The Hall–Kier alpha value is -3.41. The van der Waals surface area contributed by atoms with Crippen molar-refractivity contribution in [2.24, 2.45) is 0 Å². The fraction of sp³-hybridized carbons (Fsp3) is 0.105. The Labute approximate surface area is 144 Å². The van der Waals surface area contributed by atoms with Gasteiger partial charge in [0.25, 0.3) is 5.91 Å². The molecule has 0 fully saturated rings. The molecule has 0 saturated carbocycles. The molecule has 25 heavy (non-hydrogen) atoms. The number of fused-ring (bicyclic) bond motifs is 1. The summed E-state index contributed by atoms with van der Waals surface area (Å²) in [5.74, 6) is -0.0441. The van der Waals surface area contributed by atoms with Gasteiger partial charge in [0.05, 0.1) is 23.0 Å². The predicted octanol–water partition coefficient (Wildman–Crippen LogP) is 2.79. The lowest BCUT2D eigenvalue weighted by molar-refractivity contribution is 0.0787. The molecule has 0 saturated heterocycles. The molecule has 0 bridgehead atoms. The zero-order valence-corrected chi connectivity index (χ0v) is 13.8. The third-order valence-corrected chi connectivity index (χ3v) is 4.13. The largest absolute Gasteiger partial charge is 0.337 e. The van der Waals surface area contributed by atoms with Crippen molar-refractivity contribution in [1.29, 1.82) is 0 Å². The SMILES string of the molecule is CN(Cc1ccc(-n2cccn2)cc1)C(=O)c1cnn2ccccc12. The molecule has 6 heteroatoms. The van der Waals surface area contributed by atoms with Crippen molar-refractivity contribution >= 4 is 11.4 Å². The monoisotopic (exact) mass is 331 g/mol. The smallest absolute Gasteiger partial charge is 0.257 e. The molecular formula is C19H17N5O. The Kier molecular flexibility index (Phi) is 3.78. The first-order valence-corrected chi connectivity index (χ1v) is 7.99. The van der Waals surface area contributed by atoms with E-state index < -0.39 is 0 Å². The van der Waals surface area contributed by atoms with Crippen LogP contribution in [0.5, 0.6) is 0 Å². The van der Waals surface area contributed by atoms with E-state index >= 15 is 0 Å². The van der Waals surface area contributed by atoms with E-state index in [9.17, 15) is 4.79 Å². The third kappa shape index (κ3) is 2.89. The molecule has 3 aromatic heterocycles. The average Bonchev–Trinajstić information content (AvgIpc) is 3.31. The van der Waals surface area contributed by atoms with E-state index in [1.807, 2.05) is 60.9 Å². The molecule has 124 valence electrons. The Morgan fingerprint density at radius 3 is 2.64 bits per heavy atom. The number of carbonyl (C=O) groups is 1. The van der Waals surface area contributed by atoms with Crippen LogP contribution >= 0.6 is 0 Å². The normalized spacial score (nSPS) is 10.9. The van der Waals surface area contributed by atoms with Crippen LogP contribution in [0.25, 0.3) is 11.2 Å². The molecule has 0 N–H and O–H groups in total. The van der Waals surface area contributed by atoms with E-state index in [1.54, 1.807) is 33.5 Å². The highest BCUT2D eigenvalue weighted by atomic mass is 16.2. The van der Waals surface area contributed by atoms with Gasteiger partial charge in [-0.2, -0.15) is 10.2 Å². The molecule has 0 atom stereocenters. The van der Waals surface area contributed by atoms with Crippen LogP contribution in [-0.4, -0.2) is 37.2 Å². The first-order valence-electron chi connectivity index (χ1n) is 7.99. The van der Waals surface area contributed by atoms with Crippen LogP contribution in [0.15, 0.2) is 73.3 Å². The maximum atomic E-state index is 12.7. The summed E-state index contributed by atoms with van der Waals surface area (Å²) >= 11 is 0. The van der Waals surface area contributed by atoms with E-state index in [2.05, 4.69) is 10.2 Å². The molecule has 0 spiro atoms. The predicted molar refractivity (Wildman–Crippen MR) is 94.6 cm³/mol. The van der Waals surface area contributed by atoms with Gasteiger partial charge in [0.15, 0.2) is 0 Å². The number of amides is 1. The van der Waals surface area contributed by atoms with E-state index in [1.165, 1.54) is 0 Å². The van der Waals surface area contributed by atoms with Gasteiger partial charge in [0.1, 0.15) is 0 Å². The minimum atomic E-state index is -0.0441. The van der Waals surface area contributed by atoms with Gasteiger partial charge in [-0.1, -0.05) is 18.2 Å². The van der Waals surface area contributed by atoms with Crippen molar-refractivity contribution in [2.75, 3.05) is 7.05 Å². The molecule has 4 aromatic rings. The fourth-order valence-corrected chi connectivity index (χ4v) is 2.83. The highest BCUT2D eigenvalue weighted by molar-refractivity contribution is 6.00. The van der Waals surface area contributed by atoms with Crippen molar-refractivity contribution in [1.82, 2.24) is 24.3 Å². The van der Waals surface area contributed by atoms with Gasteiger partial charge in [-0.15, -0.1) is 0 Å². The number of carbonyl (C=O) groups excluding carboxylic acids is 1. The summed E-state index contributed by atoms with van der Waals surface area (Å²) in [5, 5.41) is 8.44.